The molecule has 0 amide bonds. The molecule has 0 fully saturated rings. The third kappa shape index (κ3) is 2.03. The summed E-state index contributed by atoms with van der Waals surface area (Å²) in [5.74, 6) is -2.42. The van der Waals surface area contributed by atoms with E-state index in [2.05, 4.69) is 5.10 Å². The molecule has 0 aliphatic rings. The largest absolute Gasteiger partial charge is 0.641 e. The number of nitro groups is 2. The fourth-order valence-electron chi connectivity index (χ4n) is 1.01. The Morgan fingerprint density at radius 1 is 1.50 bits per heavy atom. The smallest absolute Gasteiger partial charge is 0.588 e. The maximum Gasteiger partial charge on any atom is 0.641 e. The first kappa shape index (κ1) is 11.8. The van der Waals surface area contributed by atoms with E-state index in [4.69, 9.17) is 5.11 Å². The van der Waals surface area contributed by atoms with Gasteiger partial charge >= 0.3 is 11.6 Å². The average molecular weight is 233 g/mol. The second-order valence-electron chi connectivity index (χ2n) is 2.94. The molecule has 11 heteroatoms. The summed E-state index contributed by atoms with van der Waals surface area (Å²) in [6.45, 7) is 0.928. The van der Waals surface area contributed by atoms with E-state index in [9.17, 15) is 25.4 Å². The number of nitrogens with zero attached hydrogens (tertiary/aromatic N) is 5. The van der Waals surface area contributed by atoms with Crippen LogP contribution < -0.4 is 4.85 Å². The Hall–Kier alpha value is -2.30. The van der Waals surface area contributed by atoms with Crippen LogP contribution in [0, 0.1) is 25.4 Å². The van der Waals surface area contributed by atoms with Crippen molar-refractivity contribution in [3.05, 3.63) is 25.4 Å². The summed E-state index contributed by atoms with van der Waals surface area (Å²) in [5, 5.41) is 44.1. The quantitative estimate of drug-likeness (QED) is 0.294. The molecule has 1 rings (SSSR count). The van der Waals surface area contributed by atoms with Crippen LogP contribution in [0.5, 0.6) is 0 Å². The van der Waals surface area contributed by atoms with E-state index in [1.54, 1.807) is 0 Å². The first-order valence-corrected chi connectivity index (χ1v) is 4.02. The Morgan fingerprint density at radius 2 is 2.06 bits per heavy atom. The normalized spacial score (nSPS) is 12.4. The summed E-state index contributed by atoms with van der Waals surface area (Å²) in [6.07, 6.45) is -1.01. The Balaban J connectivity index is 3.30. The van der Waals surface area contributed by atoms with Crippen LogP contribution in [0.1, 0.15) is 6.92 Å². The number of aliphatic hydroxyl groups is 1. The Morgan fingerprint density at radius 3 is 2.38 bits per heavy atom. The molecule has 0 aliphatic heterocycles. The van der Waals surface area contributed by atoms with Crippen molar-refractivity contribution in [1.82, 2.24) is 9.90 Å². The lowest BCUT2D eigenvalue weighted by Gasteiger charge is -1.97. The predicted molar refractivity (Wildman–Crippen MR) is 46.2 cm³/mol. The van der Waals surface area contributed by atoms with Crippen LogP contribution >= 0.6 is 0 Å². The number of aromatic nitrogens is 3. The van der Waals surface area contributed by atoms with Gasteiger partial charge < -0.3 is 20.4 Å². The van der Waals surface area contributed by atoms with Crippen molar-refractivity contribution in [1.29, 1.82) is 0 Å². The van der Waals surface area contributed by atoms with E-state index < -0.39 is 27.6 Å². The molecule has 0 saturated carbocycles. The van der Waals surface area contributed by atoms with Crippen molar-refractivity contribution in [2.75, 3.05) is 0 Å². The van der Waals surface area contributed by atoms with Crippen molar-refractivity contribution in [2.45, 2.75) is 19.6 Å². The SMILES string of the molecule is CC(O)Cn1nc([N+](=O)[O-])c([N+](=O)[O-])[n+]1[O-]. The highest BCUT2D eigenvalue weighted by Crippen LogP contribution is 2.18. The van der Waals surface area contributed by atoms with Gasteiger partial charge in [0.15, 0.2) is 0 Å². The molecule has 1 heterocycles. The van der Waals surface area contributed by atoms with E-state index in [0.29, 0.717) is 4.80 Å². The van der Waals surface area contributed by atoms with Gasteiger partial charge in [0, 0.05) is 9.64 Å². The first-order chi connectivity index (χ1) is 7.34. The van der Waals surface area contributed by atoms with Crippen LogP contribution in [0.4, 0.5) is 11.6 Å². The number of aliphatic hydroxyl groups excluding tert-OH is 1. The Labute approximate surface area is 87.4 Å². The summed E-state index contributed by atoms with van der Waals surface area (Å²) >= 11 is 0. The van der Waals surface area contributed by atoms with E-state index in [1.807, 2.05) is 0 Å². The zero-order valence-electron chi connectivity index (χ0n) is 8.01. The topological polar surface area (TPSA) is 151 Å². The van der Waals surface area contributed by atoms with Crippen LogP contribution in [0.15, 0.2) is 0 Å². The highest BCUT2D eigenvalue weighted by molar-refractivity contribution is 5.32. The molecule has 1 atom stereocenters. The Kier molecular flexibility index (Phi) is 2.99. The van der Waals surface area contributed by atoms with Gasteiger partial charge in [0.25, 0.3) is 0 Å². The van der Waals surface area contributed by atoms with E-state index in [-0.39, 0.29) is 11.4 Å². The summed E-state index contributed by atoms with van der Waals surface area (Å²) in [6, 6.07) is 0. The van der Waals surface area contributed by atoms with Gasteiger partial charge in [0.05, 0.1) is 6.10 Å². The molecular formula is C5H7N5O6. The molecule has 11 nitrogen and oxygen atoms in total. The molecule has 0 aromatic carbocycles. The highest BCUT2D eigenvalue weighted by atomic mass is 16.7. The van der Waals surface area contributed by atoms with E-state index >= 15 is 0 Å². The summed E-state index contributed by atoms with van der Waals surface area (Å²) in [4.78, 5) is 18.6. The maximum absolute atomic E-state index is 11.2. The summed E-state index contributed by atoms with van der Waals surface area (Å²) in [7, 11) is 0. The van der Waals surface area contributed by atoms with Crippen LogP contribution in [0.25, 0.3) is 0 Å². The fraction of sp³-hybridized carbons (Fsp3) is 0.600. The predicted octanol–water partition coefficient (Wildman–Crippen LogP) is -1.29. The first-order valence-electron chi connectivity index (χ1n) is 4.02. The third-order valence-corrected chi connectivity index (χ3v) is 1.57. The van der Waals surface area contributed by atoms with Gasteiger partial charge in [-0.1, -0.05) is 0 Å². The zero-order chi connectivity index (χ0) is 12.5. The number of rotatable bonds is 4. The molecule has 0 spiro atoms. The lowest BCUT2D eigenvalue weighted by Crippen LogP contribution is -2.41. The van der Waals surface area contributed by atoms with Crippen LogP contribution in [0.2, 0.25) is 0 Å². The number of hydrogen-bond acceptors (Lipinski definition) is 7. The molecule has 0 radical (unpaired) electrons. The third-order valence-electron chi connectivity index (χ3n) is 1.57. The van der Waals surface area contributed by atoms with Gasteiger partial charge in [-0.3, -0.25) is 10.1 Å². The van der Waals surface area contributed by atoms with E-state index in [1.165, 1.54) is 6.92 Å². The van der Waals surface area contributed by atoms with Gasteiger partial charge in [0.2, 0.25) is 0 Å². The second-order valence-corrected chi connectivity index (χ2v) is 2.94. The van der Waals surface area contributed by atoms with Crippen LogP contribution in [0.3, 0.4) is 0 Å². The molecule has 1 unspecified atom stereocenters. The minimum atomic E-state index is -1.27. The Bertz CT molecular complexity index is 439. The van der Waals surface area contributed by atoms with Gasteiger partial charge in [-0.2, -0.15) is 0 Å². The molecule has 0 aliphatic carbocycles. The molecule has 0 saturated heterocycles. The standard InChI is InChI=1S/C5H7N5O6/c1-3(11)2-7-6-4(9(13)14)5(8(7)12)10(15)16/h3,11H,2H2,1H3. The fourth-order valence-corrected chi connectivity index (χ4v) is 1.01. The molecule has 88 valence electrons. The number of hydrogen-bond donors (Lipinski definition) is 1. The lowest BCUT2D eigenvalue weighted by atomic mass is 10.4. The van der Waals surface area contributed by atoms with Crippen molar-refractivity contribution in [2.24, 2.45) is 0 Å². The van der Waals surface area contributed by atoms with Crippen LogP contribution in [-0.4, -0.2) is 31.0 Å². The molecule has 0 bridgehead atoms. The minimum Gasteiger partial charge on any atom is -0.588 e. The molecule has 1 aromatic heterocycles. The van der Waals surface area contributed by atoms with Crippen molar-refractivity contribution >= 4 is 11.6 Å². The van der Waals surface area contributed by atoms with Gasteiger partial charge in [-0.05, 0) is 11.8 Å². The zero-order valence-corrected chi connectivity index (χ0v) is 8.01. The minimum absolute atomic E-state index is 0.329. The van der Waals surface area contributed by atoms with Crippen LogP contribution in [-0.2, 0) is 6.54 Å². The molecule has 16 heavy (non-hydrogen) atoms. The van der Waals surface area contributed by atoms with Crippen molar-refractivity contribution < 1.29 is 19.8 Å². The van der Waals surface area contributed by atoms with E-state index in [0.717, 1.165) is 0 Å². The second kappa shape index (κ2) is 4.06. The van der Waals surface area contributed by atoms with Gasteiger partial charge in [-0.25, -0.2) is 0 Å². The molecule has 1 aromatic rings. The summed E-state index contributed by atoms with van der Waals surface area (Å²) in [5.41, 5.74) is 0. The lowest BCUT2D eigenvalue weighted by molar-refractivity contribution is -0.738. The maximum atomic E-state index is 11.2. The van der Waals surface area contributed by atoms with Crippen molar-refractivity contribution in [3.63, 3.8) is 0 Å². The van der Waals surface area contributed by atoms with Gasteiger partial charge in [0.1, 0.15) is 16.6 Å². The van der Waals surface area contributed by atoms with Crippen molar-refractivity contribution in [3.8, 4) is 0 Å². The summed E-state index contributed by atoms with van der Waals surface area (Å²) < 4.78 is 0. The average Bonchev–Trinajstić information content (AvgIpc) is 2.43. The molecular weight excluding hydrogens is 226 g/mol. The molecule has 1 N–H and O–H groups in total. The monoisotopic (exact) mass is 233 g/mol. The van der Waals surface area contributed by atoms with Gasteiger partial charge in [-0.15, -0.1) is 0 Å². The highest BCUT2D eigenvalue weighted by Gasteiger charge is 2.44.